The van der Waals surface area contributed by atoms with Crippen molar-refractivity contribution < 1.29 is 4.74 Å². The second-order valence-corrected chi connectivity index (χ2v) is 5.42. The Balaban J connectivity index is 0.00000242. The number of ether oxygens (including phenoxy) is 1. The molecule has 118 valence electrons. The third-order valence-corrected chi connectivity index (χ3v) is 3.75. The highest BCUT2D eigenvalue weighted by molar-refractivity contribution is 14.0. The monoisotopic (exact) mass is 429 g/mol. The Morgan fingerprint density at radius 2 is 1.82 bits per heavy atom. The summed E-state index contributed by atoms with van der Waals surface area (Å²) in [6.45, 7) is 0.660. The molecule has 0 spiro atoms. The Hall–Kier alpha value is -1.41. The van der Waals surface area contributed by atoms with Crippen LogP contribution in [0.1, 0.15) is 0 Å². The summed E-state index contributed by atoms with van der Waals surface area (Å²) in [5.74, 6) is 2.03. The van der Waals surface area contributed by atoms with Gasteiger partial charge in [0.2, 0.25) is 0 Å². The van der Waals surface area contributed by atoms with Gasteiger partial charge >= 0.3 is 0 Å². The highest BCUT2D eigenvalue weighted by atomic mass is 127. The Kier molecular flexibility index (Phi) is 8.76. The van der Waals surface area contributed by atoms with E-state index in [0.717, 1.165) is 17.2 Å². The highest BCUT2D eigenvalue weighted by Gasteiger charge is 2.01. The van der Waals surface area contributed by atoms with Crippen molar-refractivity contribution in [1.82, 2.24) is 0 Å². The number of hydrogen-bond acceptors (Lipinski definition) is 3. The molecule has 2 aromatic rings. The molecule has 2 rings (SSSR count). The summed E-state index contributed by atoms with van der Waals surface area (Å²) in [6.07, 6.45) is 0. The van der Waals surface area contributed by atoms with E-state index in [2.05, 4.69) is 22.4 Å². The lowest BCUT2D eigenvalue weighted by molar-refractivity contribution is 0.417. The minimum Gasteiger partial charge on any atom is -0.495 e. The van der Waals surface area contributed by atoms with Crippen molar-refractivity contribution >= 4 is 47.4 Å². The highest BCUT2D eigenvalue weighted by Crippen LogP contribution is 2.22. The maximum absolute atomic E-state index is 5.88. The molecule has 0 heterocycles. The molecule has 0 unspecified atom stereocenters. The summed E-state index contributed by atoms with van der Waals surface area (Å²) in [5.41, 5.74) is 6.70. The first-order valence-electron chi connectivity index (χ1n) is 6.67. The summed E-state index contributed by atoms with van der Waals surface area (Å²) in [7, 11) is 1.63. The number of nitrogens with zero attached hydrogens (tertiary/aromatic N) is 1. The molecule has 0 amide bonds. The zero-order valence-corrected chi connectivity index (χ0v) is 15.5. The molecule has 0 fully saturated rings. The number of methoxy groups -OCH3 is 1. The summed E-state index contributed by atoms with van der Waals surface area (Å²) in [6, 6.07) is 17.9. The third-order valence-electron chi connectivity index (χ3n) is 2.76. The topological polar surface area (TPSA) is 59.6 Å². The Labute approximate surface area is 152 Å². The maximum Gasteiger partial charge on any atom is 0.193 e. The van der Waals surface area contributed by atoms with Gasteiger partial charge < -0.3 is 15.8 Å². The van der Waals surface area contributed by atoms with Crippen LogP contribution in [-0.4, -0.2) is 25.4 Å². The van der Waals surface area contributed by atoms with Crippen molar-refractivity contribution in [3.05, 3.63) is 54.6 Å². The van der Waals surface area contributed by atoms with Gasteiger partial charge in [-0.25, -0.2) is 0 Å². The number of anilines is 1. The fourth-order valence-corrected chi connectivity index (χ4v) is 2.54. The molecule has 0 atom stereocenters. The normalized spacial score (nSPS) is 10.7. The number of hydrogen-bond donors (Lipinski definition) is 2. The second kappa shape index (κ2) is 10.3. The van der Waals surface area contributed by atoms with Gasteiger partial charge in [0.1, 0.15) is 5.75 Å². The van der Waals surface area contributed by atoms with Crippen LogP contribution in [0.4, 0.5) is 5.69 Å². The van der Waals surface area contributed by atoms with Gasteiger partial charge in [0.05, 0.1) is 19.3 Å². The predicted octanol–water partition coefficient (Wildman–Crippen LogP) is 3.83. The largest absolute Gasteiger partial charge is 0.495 e. The second-order valence-electron chi connectivity index (χ2n) is 4.25. The number of benzene rings is 2. The van der Waals surface area contributed by atoms with E-state index < -0.39 is 0 Å². The number of nitrogens with two attached hydrogens (primary N) is 1. The molecule has 0 aromatic heterocycles. The van der Waals surface area contributed by atoms with Crippen molar-refractivity contribution in [2.45, 2.75) is 4.90 Å². The summed E-state index contributed by atoms with van der Waals surface area (Å²) >= 11 is 1.76. The van der Waals surface area contributed by atoms with Gasteiger partial charge in [-0.1, -0.05) is 30.3 Å². The molecule has 0 aliphatic heterocycles. The van der Waals surface area contributed by atoms with Crippen LogP contribution in [0.25, 0.3) is 0 Å². The van der Waals surface area contributed by atoms with E-state index in [-0.39, 0.29) is 24.0 Å². The zero-order chi connectivity index (χ0) is 14.9. The van der Waals surface area contributed by atoms with Gasteiger partial charge in [0.15, 0.2) is 5.96 Å². The van der Waals surface area contributed by atoms with Crippen molar-refractivity contribution in [3.63, 3.8) is 0 Å². The molecule has 0 aliphatic carbocycles. The van der Waals surface area contributed by atoms with E-state index in [0.29, 0.717) is 12.5 Å². The minimum absolute atomic E-state index is 0. The SMILES string of the molecule is COc1ccccc1NC(N)=NCCSc1ccccc1.I. The minimum atomic E-state index is 0. The number of rotatable bonds is 6. The number of guanidine groups is 1. The first-order valence-corrected chi connectivity index (χ1v) is 7.66. The van der Waals surface area contributed by atoms with Crippen molar-refractivity contribution in [1.29, 1.82) is 0 Å². The Morgan fingerprint density at radius 3 is 2.55 bits per heavy atom. The Bertz CT molecular complexity index is 593. The smallest absolute Gasteiger partial charge is 0.193 e. The molecular formula is C16H20IN3OS. The van der Waals surface area contributed by atoms with Gasteiger partial charge in [0, 0.05) is 10.6 Å². The van der Waals surface area contributed by atoms with Crippen LogP contribution in [0.2, 0.25) is 0 Å². The molecule has 0 radical (unpaired) electrons. The molecule has 0 aliphatic rings. The van der Waals surface area contributed by atoms with Gasteiger partial charge in [-0.15, -0.1) is 35.7 Å². The standard InChI is InChI=1S/C16H19N3OS.HI/c1-20-15-10-6-5-9-14(15)19-16(17)18-11-12-21-13-7-3-2-4-8-13;/h2-10H,11-12H2,1H3,(H3,17,18,19);1H. The summed E-state index contributed by atoms with van der Waals surface area (Å²) < 4.78 is 5.25. The molecule has 0 saturated heterocycles. The lowest BCUT2D eigenvalue weighted by Gasteiger charge is -2.10. The number of para-hydroxylation sites is 2. The van der Waals surface area contributed by atoms with Gasteiger partial charge in [0.25, 0.3) is 0 Å². The maximum atomic E-state index is 5.88. The molecule has 2 aromatic carbocycles. The van der Waals surface area contributed by atoms with E-state index in [1.807, 2.05) is 42.5 Å². The number of aliphatic imine (C=N–C) groups is 1. The molecule has 0 bridgehead atoms. The molecule has 0 saturated carbocycles. The molecule has 3 N–H and O–H groups in total. The lowest BCUT2D eigenvalue weighted by Crippen LogP contribution is -2.23. The molecule has 22 heavy (non-hydrogen) atoms. The fourth-order valence-electron chi connectivity index (χ4n) is 1.77. The summed E-state index contributed by atoms with van der Waals surface area (Å²) in [4.78, 5) is 5.56. The van der Waals surface area contributed by atoms with Crippen LogP contribution < -0.4 is 15.8 Å². The number of thioether (sulfide) groups is 1. The third kappa shape index (κ3) is 6.15. The average molecular weight is 429 g/mol. The van der Waals surface area contributed by atoms with Crippen LogP contribution in [-0.2, 0) is 0 Å². The first-order chi connectivity index (χ1) is 10.3. The van der Waals surface area contributed by atoms with Gasteiger partial charge in [-0.05, 0) is 24.3 Å². The van der Waals surface area contributed by atoms with Crippen LogP contribution in [0.3, 0.4) is 0 Å². The quantitative estimate of drug-likeness (QED) is 0.241. The first kappa shape index (κ1) is 18.6. The van der Waals surface area contributed by atoms with Crippen molar-refractivity contribution in [2.75, 3.05) is 24.7 Å². The molecular weight excluding hydrogens is 409 g/mol. The zero-order valence-electron chi connectivity index (χ0n) is 12.4. The van der Waals surface area contributed by atoms with Crippen LogP contribution >= 0.6 is 35.7 Å². The van der Waals surface area contributed by atoms with E-state index >= 15 is 0 Å². The lowest BCUT2D eigenvalue weighted by atomic mass is 10.3. The van der Waals surface area contributed by atoms with Gasteiger partial charge in [-0.2, -0.15) is 0 Å². The van der Waals surface area contributed by atoms with Crippen molar-refractivity contribution in [2.24, 2.45) is 10.7 Å². The van der Waals surface area contributed by atoms with Crippen molar-refractivity contribution in [3.8, 4) is 5.75 Å². The van der Waals surface area contributed by atoms with E-state index in [4.69, 9.17) is 10.5 Å². The van der Waals surface area contributed by atoms with E-state index in [1.54, 1.807) is 18.9 Å². The molecule has 4 nitrogen and oxygen atoms in total. The average Bonchev–Trinajstić information content (AvgIpc) is 2.53. The number of nitrogens with one attached hydrogen (secondary N) is 1. The van der Waals surface area contributed by atoms with Crippen LogP contribution in [0.5, 0.6) is 5.75 Å². The van der Waals surface area contributed by atoms with Crippen LogP contribution in [0, 0.1) is 0 Å². The van der Waals surface area contributed by atoms with Gasteiger partial charge in [-0.3, -0.25) is 4.99 Å². The van der Waals surface area contributed by atoms with E-state index in [1.165, 1.54) is 4.90 Å². The molecule has 6 heteroatoms. The fraction of sp³-hybridized carbons (Fsp3) is 0.188. The summed E-state index contributed by atoms with van der Waals surface area (Å²) in [5, 5.41) is 3.05. The number of halogens is 1. The van der Waals surface area contributed by atoms with E-state index in [9.17, 15) is 0 Å². The predicted molar refractivity (Wildman–Crippen MR) is 106 cm³/mol. The van der Waals surface area contributed by atoms with Crippen LogP contribution in [0.15, 0.2) is 64.5 Å². The Morgan fingerprint density at radius 1 is 1.14 bits per heavy atom.